The van der Waals surface area contributed by atoms with E-state index in [-0.39, 0.29) is 47.8 Å². The fraction of sp³-hybridized carbons (Fsp3) is 0.667. The third-order valence-corrected chi connectivity index (χ3v) is 14.1. The minimum absolute atomic E-state index is 0.102. The summed E-state index contributed by atoms with van der Waals surface area (Å²) < 4.78 is 40.7. The number of nitrogens with one attached hydrogen (secondary N) is 1. The van der Waals surface area contributed by atoms with Crippen molar-refractivity contribution in [2.24, 2.45) is 39.9 Å². The molecule has 8 rings (SSSR count). The molecule has 47 heavy (non-hydrogen) atoms. The number of carbonyl (C=O) groups excluding carboxylic acids is 3. The van der Waals surface area contributed by atoms with E-state index in [9.17, 15) is 43.1 Å². The van der Waals surface area contributed by atoms with E-state index in [1.165, 1.54) is 12.1 Å². The van der Waals surface area contributed by atoms with E-state index in [0.29, 0.717) is 32.1 Å². The molecule has 1 aromatic carbocycles. The number of hydrogen-bond donors (Lipinski definition) is 3. The third kappa shape index (κ3) is 4.20. The Bertz CT molecular complexity index is 1680. The van der Waals surface area contributed by atoms with Gasteiger partial charge >= 0.3 is 5.97 Å². The van der Waals surface area contributed by atoms with Crippen molar-refractivity contribution in [2.75, 3.05) is 6.61 Å². The van der Waals surface area contributed by atoms with Gasteiger partial charge in [-0.3, -0.25) is 24.5 Å². The number of hydrogen-bond acceptors (Lipinski definition) is 11. The first-order valence-electron chi connectivity index (χ1n) is 16.3. The molecule has 1 aromatic rings. The highest BCUT2D eigenvalue weighted by Gasteiger charge is 2.88. The van der Waals surface area contributed by atoms with Crippen LogP contribution in [0.25, 0.3) is 0 Å². The van der Waals surface area contributed by atoms with Gasteiger partial charge in [-0.15, -0.1) is 0 Å². The van der Waals surface area contributed by atoms with Gasteiger partial charge in [0.05, 0.1) is 27.8 Å². The SMILES string of the molecule is C=C1C(=O)[C@]23[C@H](OC(=O)C4CCC(NS(=O)(=O)c5ccc([N+](=O)[O-])cc5)CC4)[C@H]1CC[C@H]2[C@@]12CO[C@@]3(O)[C@@H](O)[C@@H]1C(C)(C)CCC2=O. The van der Waals surface area contributed by atoms with Gasteiger partial charge in [0.25, 0.3) is 5.69 Å². The van der Waals surface area contributed by atoms with Crippen molar-refractivity contribution < 1.29 is 47.4 Å². The maximum absolute atomic E-state index is 14.3. The van der Waals surface area contributed by atoms with Crippen LogP contribution in [0.1, 0.15) is 65.2 Å². The zero-order chi connectivity index (χ0) is 33.9. The Morgan fingerprint density at radius 1 is 1.11 bits per heavy atom. The maximum Gasteiger partial charge on any atom is 0.309 e. The number of carbonyl (C=O) groups is 3. The van der Waals surface area contributed by atoms with Crippen LogP contribution in [0.4, 0.5) is 5.69 Å². The van der Waals surface area contributed by atoms with Crippen LogP contribution < -0.4 is 4.72 Å². The molecule has 7 aliphatic rings. The van der Waals surface area contributed by atoms with Gasteiger partial charge in [0.1, 0.15) is 23.4 Å². The van der Waals surface area contributed by atoms with Gasteiger partial charge in [0.2, 0.25) is 15.8 Å². The Balaban J connectivity index is 1.11. The summed E-state index contributed by atoms with van der Waals surface area (Å²) in [5.41, 5.74) is -3.65. The van der Waals surface area contributed by atoms with Crippen molar-refractivity contribution in [3.63, 3.8) is 0 Å². The van der Waals surface area contributed by atoms with Crippen molar-refractivity contribution in [1.82, 2.24) is 4.72 Å². The maximum atomic E-state index is 14.3. The van der Waals surface area contributed by atoms with Gasteiger partial charge in [-0.05, 0) is 74.0 Å². The molecular weight excluding hydrogens is 632 g/mol. The number of sulfonamides is 1. The number of aliphatic hydroxyl groups excluding tert-OH is 1. The molecule has 4 bridgehead atoms. The van der Waals surface area contributed by atoms with Crippen LogP contribution in [0.2, 0.25) is 0 Å². The second-order valence-corrected chi connectivity index (χ2v) is 16.8. The molecule has 2 heterocycles. The van der Waals surface area contributed by atoms with E-state index in [1.807, 2.05) is 13.8 Å². The molecule has 254 valence electrons. The predicted octanol–water partition coefficient (Wildman–Crippen LogP) is 2.58. The second kappa shape index (κ2) is 10.5. The van der Waals surface area contributed by atoms with Gasteiger partial charge in [0, 0.05) is 36.4 Å². The number of aliphatic hydroxyl groups is 2. The van der Waals surface area contributed by atoms with Crippen LogP contribution in [0, 0.1) is 50.0 Å². The number of benzene rings is 1. The normalized spacial score (nSPS) is 42.0. The number of ketones is 2. The molecule has 0 radical (unpaired) electrons. The monoisotopic (exact) mass is 672 g/mol. The Labute approximate surface area is 272 Å². The summed E-state index contributed by atoms with van der Waals surface area (Å²) in [6, 6.07) is 4.09. The van der Waals surface area contributed by atoms with Crippen molar-refractivity contribution in [3.8, 4) is 0 Å². The molecular formula is C33H40N2O11S. The first kappa shape index (κ1) is 32.5. The lowest BCUT2D eigenvalue weighted by atomic mass is 9.36. The van der Waals surface area contributed by atoms with E-state index in [1.54, 1.807) is 0 Å². The van der Waals surface area contributed by atoms with Crippen molar-refractivity contribution in [3.05, 3.63) is 46.5 Å². The van der Waals surface area contributed by atoms with Gasteiger partial charge < -0.3 is 19.7 Å². The minimum Gasteiger partial charge on any atom is -0.460 e. The average molecular weight is 673 g/mol. The van der Waals surface area contributed by atoms with E-state index < -0.39 is 90.7 Å². The van der Waals surface area contributed by atoms with Gasteiger partial charge in [-0.1, -0.05) is 20.4 Å². The smallest absolute Gasteiger partial charge is 0.309 e. The van der Waals surface area contributed by atoms with Gasteiger partial charge in [-0.25, -0.2) is 13.1 Å². The molecule has 2 aliphatic heterocycles. The number of Topliss-reactive ketones (excluding diaryl/α,β-unsaturated/α-hetero) is 2. The zero-order valence-electron chi connectivity index (χ0n) is 26.3. The largest absolute Gasteiger partial charge is 0.460 e. The number of nitrogens with zero attached hydrogens (tertiary/aromatic N) is 1. The fourth-order valence-electron chi connectivity index (χ4n) is 10.5. The molecule has 5 aliphatic carbocycles. The zero-order valence-corrected chi connectivity index (χ0v) is 27.2. The first-order chi connectivity index (χ1) is 22.0. The van der Waals surface area contributed by atoms with Crippen LogP contribution in [-0.2, 0) is 33.9 Å². The molecule has 0 unspecified atom stereocenters. The Kier molecular flexibility index (Phi) is 7.25. The first-order valence-corrected chi connectivity index (χ1v) is 17.8. The number of nitro groups is 1. The van der Waals surface area contributed by atoms with Crippen LogP contribution in [-0.4, -0.2) is 71.7 Å². The number of rotatable bonds is 6. The van der Waals surface area contributed by atoms with Crippen molar-refractivity contribution >= 4 is 33.2 Å². The molecule has 13 nitrogen and oxygen atoms in total. The summed E-state index contributed by atoms with van der Waals surface area (Å²) >= 11 is 0. The standard InChI is InChI=1S/C33H40N2O11S/c1-17-22-12-13-23-31-16-45-33(40,27(38)25(31)30(2,3)15-14-24(31)36)32(23,26(17)37)28(22)46-29(39)18-4-6-19(7-5-18)34-47(43,44)21-10-8-20(9-11-21)35(41)42/h8-11,18-19,22-23,25,27-28,34,38,40H,1,4-7,12-16H2,2-3H3/t18?,19?,22-,23-,25+,27-,28+,31+,32-,33-/m0/s1. The van der Waals surface area contributed by atoms with E-state index >= 15 is 0 Å². The number of esters is 1. The molecule has 0 aromatic heterocycles. The van der Waals surface area contributed by atoms with Crippen molar-refractivity contribution in [2.45, 2.75) is 94.1 Å². The molecule has 2 spiro atoms. The molecule has 3 N–H and O–H groups in total. The highest BCUT2D eigenvalue weighted by atomic mass is 32.2. The highest BCUT2D eigenvalue weighted by Crippen LogP contribution is 2.76. The Morgan fingerprint density at radius 3 is 2.40 bits per heavy atom. The molecule has 14 heteroatoms. The molecule has 7 fully saturated rings. The van der Waals surface area contributed by atoms with Gasteiger partial charge in [-0.2, -0.15) is 0 Å². The van der Waals surface area contributed by atoms with E-state index in [4.69, 9.17) is 9.47 Å². The Hall–Kier alpha value is -3.04. The van der Waals surface area contributed by atoms with E-state index in [0.717, 1.165) is 12.1 Å². The van der Waals surface area contributed by atoms with Crippen LogP contribution >= 0.6 is 0 Å². The summed E-state index contributed by atoms with van der Waals surface area (Å²) in [5, 5.41) is 35.1. The van der Waals surface area contributed by atoms with E-state index in [2.05, 4.69) is 11.3 Å². The van der Waals surface area contributed by atoms with Crippen molar-refractivity contribution in [1.29, 1.82) is 0 Å². The Morgan fingerprint density at radius 2 is 1.77 bits per heavy atom. The van der Waals surface area contributed by atoms with Crippen LogP contribution in [0.3, 0.4) is 0 Å². The highest BCUT2D eigenvalue weighted by molar-refractivity contribution is 7.89. The third-order valence-electron chi connectivity index (χ3n) is 12.6. The second-order valence-electron chi connectivity index (χ2n) is 15.1. The quantitative estimate of drug-likeness (QED) is 0.174. The topological polar surface area (TPSA) is 199 Å². The summed E-state index contributed by atoms with van der Waals surface area (Å²) in [5.74, 6) is -6.18. The number of fused-ring (bicyclic) bond motifs is 2. The summed E-state index contributed by atoms with van der Waals surface area (Å²) in [4.78, 5) is 52.2. The molecule has 2 saturated heterocycles. The lowest BCUT2D eigenvalue weighted by Crippen LogP contribution is -2.85. The fourth-order valence-corrected chi connectivity index (χ4v) is 11.8. The van der Waals surface area contributed by atoms with Crippen LogP contribution in [0.15, 0.2) is 41.3 Å². The molecule has 8 atom stereocenters. The average Bonchev–Trinajstić information content (AvgIpc) is 3.14. The summed E-state index contributed by atoms with van der Waals surface area (Å²) in [6.45, 7) is 7.84. The summed E-state index contributed by atoms with van der Waals surface area (Å²) in [7, 11) is -3.96. The lowest BCUT2D eigenvalue weighted by Gasteiger charge is -2.73. The number of non-ortho nitro benzene ring substituents is 1. The van der Waals surface area contributed by atoms with Crippen LogP contribution in [0.5, 0.6) is 0 Å². The number of nitro benzene ring substituents is 1. The predicted molar refractivity (Wildman–Crippen MR) is 163 cm³/mol. The van der Waals surface area contributed by atoms with Gasteiger partial charge in [0.15, 0.2) is 5.78 Å². The molecule has 5 saturated carbocycles. The number of ether oxygens (including phenoxy) is 2. The lowest BCUT2D eigenvalue weighted by molar-refractivity contribution is -0.437. The minimum atomic E-state index is -3.96. The molecule has 0 amide bonds. The summed E-state index contributed by atoms with van der Waals surface area (Å²) in [6.07, 6.45) is 0.0988.